The van der Waals surface area contributed by atoms with E-state index >= 15 is 0 Å². The lowest BCUT2D eigenvalue weighted by Crippen LogP contribution is -2.44. The molecule has 0 bridgehead atoms. The highest BCUT2D eigenvalue weighted by atomic mass is 32.2. The van der Waals surface area contributed by atoms with E-state index in [2.05, 4.69) is 5.32 Å². The summed E-state index contributed by atoms with van der Waals surface area (Å²) in [7, 11) is -1.19. The molecule has 1 unspecified atom stereocenters. The molecule has 170 valence electrons. The molecular formula is C22H19N3O7S. The maximum atomic E-state index is 12.7. The summed E-state index contributed by atoms with van der Waals surface area (Å²) in [6, 6.07) is 16.3. The van der Waals surface area contributed by atoms with Crippen molar-refractivity contribution in [2.45, 2.75) is 11.1 Å². The number of carbonyl (C=O) groups is 1. The Morgan fingerprint density at radius 3 is 2.52 bits per heavy atom. The van der Waals surface area contributed by atoms with E-state index in [-0.39, 0.29) is 28.0 Å². The lowest BCUT2D eigenvalue weighted by Gasteiger charge is -2.36. The number of amides is 1. The summed E-state index contributed by atoms with van der Waals surface area (Å²) in [5.74, 6) is -0.220. The van der Waals surface area contributed by atoms with Gasteiger partial charge in [-0.05, 0) is 35.9 Å². The highest BCUT2D eigenvalue weighted by Gasteiger charge is 2.30. The number of nitrogens with one attached hydrogen (secondary N) is 1. The van der Waals surface area contributed by atoms with Crippen LogP contribution < -0.4 is 19.1 Å². The smallest absolute Gasteiger partial charge is 0.339 e. The first-order chi connectivity index (χ1) is 15.7. The molecule has 0 spiro atoms. The molecule has 0 saturated heterocycles. The minimum atomic E-state index is -4.36. The fourth-order valence-electron chi connectivity index (χ4n) is 3.56. The number of benzene rings is 3. The van der Waals surface area contributed by atoms with Crippen molar-refractivity contribution in [2.75, 3.05) is 19.1 Å². The lowest BCUT2D eigenvalue weighted by atomic mass is 10.0. The van der Waals surface area contributed by atoms with Crippen LogP contribution in [0.4, 0.5) is 11.4 Å². The van der Waals surface area contributed by atoms with Gasteiger partial charge in [-0.2, -0.15) is 8.42 Å². The molecular weight excluding hydrogens is 450 g/mol. The van der Waals surface area contributed by atoms with E-state index in [1.807, 2.05) is 24.1 Å². The molecule has 4 rings (SSSR count). The zero-order valence-corrected chi connectivity index (χ0v) is 18.4. The number of rotatable bonds is 6. The van der Waals surface area contributed by atoms with Gasteiger partial charge in [-0.25, -0.2) is 0 Å². The van der Waals surface area contributed by atoms with Crippen molar-refractivity contribution in [3.05, 3.63) is 88.0 Å². The Bertz CT molecular complexity index is 1360. The Balaban J connectivity index is 1.65. The van der Waals surface area contributed by atoms with E-state index in [9.17, 15) is 23.3 Å². The van der Waals surface area contributed by atoms with Gasteiger partial charge in [0, 0.05) is 19.2 Å². The molecule has 1 aliphatic rings. The van der Waals surface area contributed by atoms with Crippen LogP contribution in [0.15, 0.2) is 71.6 Å². The maximum absolute atomic E-state index is 12.7. The quantitative estimate of drug-likeness (QED) is 0.331. The summed E-state index contributed by atoms with van der Waals surface area (Å²) in [6.45, 7) is 0. The molecule has 0 saturated carbocycles. The van der Waals surface area contributed by atoms with Crippen LogP contribution in [0.25, 0.3) is 0 Å². The Kier molecular flexibility index (Phi) is 5.64. The van der Waals surface area contributed by atoms with Crippen LogP contribution in [0.3, 0.4) is 0 Å². The number of ether oxygens (including phenoxy) is 1. The average molecular weight is 469 g/mol. The van der Waals surface area contributed by atoms with Crippen molar-refractivity contribution in [1.29, 1.82) is 0 Å². The van der Waals surface area contributed by atoms with Crippen LogP contribution in [0.5, 0.6) is 11.5 Å². The van der Waals surface area contributed by atoms with Gasteiger partial charge in [-0.1, -0.05) is 24.3 Å². The summed E-state index contributed by atoms with van der Waals surface area (Å²) in [4.78, 5) is 24.3. The summed E-state index contributed by atoms with van der Waals surface area (Å²) in [5, 5.41) is 13.9. The van der Waals surface area contributed by atoms with Crippen LogP contribution in [0, 0.1) is 10.1 Å². The minimum Gasteiger partial charge on any atom is -0.493 e. The second-order valence-electron chi connectivity index (χ2n) is 7.21. The van der Waals surface area contributed by atoms with Crippen LogP contribution in [0.2, 0.25) is 0 Å². The molecule has 0 aromatic heterocycles. The second-order valence-corrected chi connectivity index (χ2v) is 8.75. The van der Waals surface area contributed by atoms with E-state index in [0.29, 0.717) is 11.1 Å². The van der Waals surface area contributed by atoms with Crippen molar-refractivity contribution in [1.82, 2.24) is 5.32 Å². The SMILES string of the molecule is COc1cc(C2NC(=O)c3ccccc3N2C)ccc1OS(=O)(=O)c1cccc([N+](=O)[O-])c1. The van der Waals surface area contributed by atoms with E-state index in [1.54, 1.807) is 24.3 Å². The number of carbonyl (C=O) groups excluding carboxylic acids is 1. The molecule has 1 aliphatic heterocycles. The number of nitrogens with zero attached hydrogens (tertiary/aromatic N) is 2. The standard InChI is InChI=1S/C22H19N3O7S/c1-24-18-9-4-3-8-17(18)22(26)23-21(24)14-10-11-19(20(12-14)31-2)32-33(29,30)16-7-5-6-15(13-16)25(27)28/h3-13,21H,1-2H3,(H,23,26). The highest BCUT2D eigenvalue weighted by molar-refractivity contribution is 7.87. The average Bonchev–Trinajstić information content (AvgIpc) is 2.81. The number of anilines is 1. The summed E-state index contributed by atoms with van der Waals surface area (Å²) < 4.78 is 35.9. The van der Waals surface area contributed by atoms with Crippen LogP contribution in [0.1, 0.15) is 22.1 Å². The van der Waals surface area contributed by atoms with E-state index in [0.717, 1.165) is 11.8 Å². The number of hydrogen-bond donors (Lipinski definition) is 1. The lowest BCUT2D eigenvalue weighted by molar-refractivity contribution is -0.385. The van der Waals surface area contributed by atoms with Crippen molar-refractivity contribution < 1.29 is 27.1 Å². The van der Waals surface area contributed by atoms with Gasteiger partial charge in [0.15, 0.2) is 11.5 Å². The van der Waals surface area contributed by atoms with Crippen LogP contribution >= 0.6 is 0 Å². The number of para-hydroxylation sites is 1. The molecule has 11 heteroatoms. The minimum absolute atomic E-state index is 0.0991. The Morgan fingerprint density at radius 1 is 1.03 bits per heavy atom. The number of nitro groups is 1. The van der Waals surface area contributed by atoms with Crippen molar-refractivity contribution >= 4 is 27.4 Å². The number of fused-ring (bicyclic) bond motifs is 1. The first-order valence-corrected chi connectivity index (χ1v) is 11.1. The van der Waals surface area contributed by atoms with Crippen molar-refractivity contribution in [2.24, 2.45) is 0 Å². The summed E-state index contributed by atoms with van der Waals surface area (Å²) >= 11 is 0. The van der Waals surface area contributed by atoms with Gasteiger partial charge in [0.05, 0.1) is 23.3 Å². The number of hydrogen-bond acceptors (Lipinski definition) is 8. The van der Waals surface area contributed by atoms with Gasteiger partial charge < -0.3 is 19.1 Å². The molecule has 1 atom stereocenters. The molecule has 3 aromatic rings. The van der Waals surface area contributed by atoms with E-state index in [1.165, 1.54) is 31.4 Å². The third kappa shape index (κ3) is 4.17. The summed E-state index contributed by atoms with van der Waals surface area (Å²) in [6.07, 6.45) is -0.524. The number of nitro benzene ring substituents is 1. The van der Waals surface area contributed by atoms with Crippen molar-refractivity contribution in [3.8, 4) is 11.5 Å². The maximum Gasteiger partial charge on any atom is 0.339 e. The number of non-ortho nitro benzene ring substituents is 1. The zero-order valence-electron chi connectivity index (χ0n) is 17.6. The molecule has 1 N–H and O–H groups in total. The fourth-order valence-corrected chi connectivity index (χ4v) is 4.54. The van der Waals surface area contributed by atoms with Crippen LogP contribution in [-0.2, 0) is 10.1 Å². The number of methoxy groups -OCH3 is 1. The normalized spacial score (nSPS) is 15.4. The van der Waals surface area contributed by atoms with Gasteiger partial charge in [0.1, 0.15) is 11.1 Å². The zero-order chi connectivity index (χ0) is 23.8. The van der Waals surface area contributed by atoms with Gasteiger partial charge in [0.25, 0.3) is 11.6 Å². The monoisotopic (exact) mass is 469 g/mol. The molecule has 0 radical (unpaired) electrons. The fraction of sp³-hybridized carbons (Fsp3) is 0.136. The predicted molar refractivity (Wildman–Crippen MR) is 119 cm³/mol. The molecule has 3 aromatic carbocycles. The highest BCUT2D eigenvalue weighted by Crippen LogP contribution is 2.36. The largest absolute Gasteiger partial charge is 0.493 e. The van der Waals surface area contributed by atoms with Gasteiger partial charge in [-0.15, -0.1) is 0 Å². The Hall–Kier alpha value is -4.12. The first-order valence-electron chi connectivity index (χ1n) is 9.71. The van der Waals surface area contributed by atoms with Gasteiger partial charge in [-0.3, -0.25) is 14.9 Å². The molecule has 1 heterocycles. The van der Waals surface area contributed by atoms with Gasteiger partial charge in [0.2, 0.25) is 0 Å². The third-order valence-corrected chi connectivity index (χ3v) is 6.43. The first kappa shape index (κ1) is 22.1. The molecule has 0 fully saturated rings. The Labute approximate surface area is 189 Å². The predicted octanol–water partition coefficient (Wildman–Crippen LogP) is 3.25. The Morgan fingerprint density at radius 2 is 1.79 bits per heavy atom. The third-order valence-electron chi connectivity index (χ3n) is 5.20. The van der Waals surface area contributed by atoms with Gasteiger partial charge >= 0.3 is 10.1 Å². The van der Waals surface area contributed by atoms with E-state index in [4.69, 9.17) is 8.92 Å². The summed E-state index contributed by atoms with van der Waals surface area (Å²) in [5.41, 5.74) is 1.56. The molecule has 1 amide bonds. The molecule has 33 heavy (non-hydrogen) atoms. The molecule has 10 nitrogen and oxygen atoms in total. The topological polar surface area (TPSA) is 128 Å². The van der Waals surface area contributed by atoms with Crippen LogP contribution in [-0.4, -0.2) is 33.4 Å². The molecule has 0 aliphatic carbocycles. The van der Waals surface area contributed by atoms with Crippen molar-refractivity contribution in [3.63, 3.8) is 0 Å². The van der Waals surface area contributed by atoms with E-state index < -0.39 is 21.2 Å². The second kappa shape index (κ2) is 8.43.